The topological polar surface area (TPSA) is 41.1 Å². The van der Waals surface area contributed by atoms with Crippen molar-refractivity contribution < 1.29 is 9.18 Å². The minimum atomic E-state index is -0.273. The molecule has 0 aliphatic heterocycles. The van der Waals surface area contributed by atoms with Crippen LogP contribution in [-0.4, -0.2) is 12.5 Å². The molecule has 20 heavy (non-hydrogen) atoms. The van der Waals surface area contributed by atoms with Gasteiger partial charge in [0.15, 0.2) is 0 Å². The fourth-order valence-corrected chi connectivity index (χ4v) is 1.87. The molecule has 3 nitrogen and oxygen atoms in total. The van der Waals surface area contributed by atoms with E-state index in [-0.39, 0.29) is 24.3 Å². The molecule has 1 atom stereocenters. The molecule has 0 aliphatic rings. The summed E-state index contributed by atoms with van der Waals surface area (Å²) in [6.45, 7) is 2.07. The second kappa shape index (κ2) is 6.82. The number of hydrogen-bond acceptors (Lipinski definition) is 2. The van der Waals surface area contributed by atoms with Gasteiger partial charge in [0.05, 0.1) is 6.54 Å². The van der Waals surface area contributed by atoms with Crippen molar-refractivity contribution in [3.63, 3.8) is 0 Å². The lowest BCUT2D eigenvalue weighted by atomic mass is 10.1. The van der Waals surface area contributed by atoms with Crippen LogP contribution in [0.15, 0.2) is 54.6 Å². The molecule has 0 unspecified atom stereocenters. The molecule has 104 valence electrons. The Bertz CT molecular complexity index is 572. The van der Waals surface area contributed by atoms with Crippen molar-refractivity contribution in [1.82, 2.24) is 5.32 Å². The summed E-state index contributed by atoms with van der Waals surface area (Å²) in [4.78, 5) is 11.8. The van der Waals surface area contributed by atoms with Gasteiger partial charge in [-0.25, -0.2) is 4.39 Å². The van der Waals surface area contributed by atoms with Gasteiger partial charge in [0.2, 0.25) is 5.91 Å². The number of nitrogens with one attached hydrogen (secondary N) is 2. The van der Waals surface area contributed by atoms with Crippen molar-refractivity contribution in [2.45, 2.75) is 13.0 Å². The van der Waals surface area contributed by atoms with E-state index < -0.39 is 0 Å². The highest BCUT2D eigenvalue weighted by Crippen LogP contribution is 2.13. The Hall–Kier alpha value is -2.20. The summed E-state index contributed by atoms with van der Waals surface area (Å²) in [5, 5.41) is 5.85. The molecule has 4 heteroatoms. The Morgan fingerprint density at radius 3 is 2.60 bits per heavy atom. The first-order valence-corrected chi connectivity index (χ1v) is 6.49. The summed E-state index contributed by atoms with van der Waals surface area (Å²) in [6.07, 6.45) is 0. The Labute approximate surface area is 117 Å². The van der Waals surface area contributed by atoms with Gasteiger partial charge in [0.1, 0.15) is 5.82 Å². The maximum absolute atomic E-state index is 13.1. The minimum absolute atomic E-state index is 0.0905. The van der Waals surface area contributed by atoms with Crippen LogP contribution >= 0.6 is 0 Å². The molecule has 0 saturated heterocycles. The lowest BCUT2D eigenvalue weighted by Gasteiger charge is -2.14. The molecule has 0 aliphatic carbocycles. The monoisotopic (exact) mass is 272 g/mol. The number of halogens is 1. The number of carbonyl (C=O) groups excluding carboxylic acids is 1. The second-order valence-corrected chi connectivity index (χ2v) is 4.57. The zero-order valence-electron chi connectivity index (χ0n) is 11.3. The molecule has 1 amide bonds. The molecule has 2 aromatic rings. The lowest BCUT2D eigenvalue weighted by molar-refractivity contribution is -0.115. The van der Waals surface area contributed by atoms with E-state index in [2.05, 4.69) is 10.6 Å². The maximum atomic E-state index is 13.1. The van der Waals surface area contributed by atoms with Gasteiger partial charge in [-0.2, -0.15) is 0 Å². The molecule has 0 saturated carbocycles. The summed E-state index contributed by atoms with van der Waals surface area (Å²) in [6, 6.07) is 15.5. The van der Waals surface area contributed by atoms with Crippen molar-refractivity contribution in [3.05, 3.63) is 66.0 Å². The van der Waals surface area contributed by atoms with Crippen molar-refractivity contribution in [1.29, 1.82) is 0 Å². The van der Waals surface area contributed by atoms with E-state index >= 15 is 0 Å². The van der Waals surface area contributed by atoms with Crippen LogP contribution in [0.2, 0.25) is 0 Å². The molecule has 0 fully saturated rings. The Balaban J connectivity index is 1.84. The van der Waals surface area contributed by atoms with E-state index in [0.29, 0.717) is 0 Å². The number of hydrogen-bond donors (Lipinski definition) is 2. The van der Waals surface area contributed by atoms with Crippen LogP contribution in [0.25, 0.3) is 0 Å². The number of amides is 1. The fraction of sp³-hybridized carbons (Fsp3) is 0.188. The SMILES string of the molecule is C[C@H](NCC(=O)Nc1ccccc1)c1cccc(F)c1. The molecule has 2 N–H and O–H groups in total. The van der Waals surface area contributed by atoms with E-state index in [1.807, 2.05) is 43.3 Å². The summed E-state index contributed by atoms with van der Waals surface area (Å²) >= 11 is 0. The lowest BCUT2D eigenvalue weighted by Crippen LogP contribution is -2.30. The average Bonchev–Trinajstić information content (AvgIpc) is 2.46. The predicted octanol–water partition coefficient (Wildman–Crippen LogP) is 3.12. The van der Waals surface area contributed by atoms with Crippen LogP contribution in [-0.2, 0) is 4.79 Å². The van der Waals surface area contributed by atoms with E-state index in [4.69, 9.17) is 0 Å². The first kappa shape index (κ1) is 14.2. The summed E-state index contributed by atoms with van der Waals surface area (Å²) in [7, 11) is 0. The molecule has 2 rings (SSSR count). The molecule has 2 aromatic carbocycles. The van der Waals surface area contributed by atoms with Gasteiger partial charge in [0.25, 0.3) is 0 Å². The number of benzene rings is 2. The Morgan fingerprint density at radius 2 is 1.90 bits per heavy atom. The highest BCUT2D eigenvalue weighted by molar-refractivity contribution is 5.92. The number of anilines is 1. The maximum Gasteiger partial charge on any atom is 0.238 e. The standard InChI is InChI=1S/C16H17FN2O/c1-12(13-6-5-7-14(17)10-13)18-11-16(20)19-15-8-3-2-4-9-15/h2-10,12,18H,11H2,1H3,(H,19,20)/t12-/m0/s1. The number of para-hydroxylation sites is 1. The van der Waals surface area contributed by atoms with Gasteiger partial charge in [-0.15, -0.1) is 0 Å². The van der Waals surface area contributed by atoms with E-state index in [9.17, 15) is 9.18 Å². The van der Waals surface area contributed by atoms with E-state index in [1.165, 1.54) is 12.1 Å². The molecule has 0 radical (unpaired) electrons. The highest BCUT2D eigenvalue weighted by Gasteiger charge is 2.08. The summed E-state index contributed by atoms with van der Waals surface area (Å²) in [5.74, 6) is -0.399. The highest BCUT2D eigenvalue weighted by atomic mass is 19.1. The third-order valence-electron chi connectivity index (χ3n) is 2.98. The van der Waals surface area contributed by atoms with Crippen LogP contribution in [0.5, 0.6) is 0 Å². The van der Waals surface area contributed by atoms with Gasteiger partial charge in [-0.3, -0.25) is 4.79 Å². The minimum Gasteiger partial charge on any atom is -0.325 e. The van der Waals surface area contributed by atoms with Gasteiger partial charge in [-0.05, 0) is 36.8 Å². The molecule has 0 heterocycles. The zero-order valence-corrected chi connectivity index (χ0v) is 11.3. The van der Waals surface area contributed by atoms with Gasteiger partial charge in [0, 0.05) is 11.7 Å². The molecule has 0 aromatic heterocycles. The van der Waals surface area contributed by atoms with E-state index in [0.717, 1.165) is 11.3 Å². The molecule has 0 bridgehead atoms. The Kier molecular flexibility index (Phi) is 4.85. The third-order valence-corrected chi connectivity index (χ3v) is 2.98. The zero-order chi connectivity index (χ0) is 14.4. The van der Waals surface area contributed by atoms with Crippen molar-refractivity contribution >= 4 is 11.6 Å². The van der Waals surface area contributed by atoms with Crippen LogP contribution in [0.1, 0.15) is 18.5 Å². The van der Waals surface area contributed by atoms with E-state index in [1.54, 1.807) is 6.07 Å². The number of rotatable bonds is 5. The van der Waals surface area contributed by atoms with Crippen LogP contribution in [0.3, 0.4) is 0 Å². The fourth-order valence-electron chi connectivity index (χ4n) is 1.87. The molecule has 0 spiro atoms. The van der Waals surface area contributed by atoms with Gasteiger partial charge < -0.3 is 10.6 Å². The largest absolute Gasteiger partial charge is 0.325 e. The Morgan fingerprint density at radius 1 is 1.15 bits per heavy atom. The smallest absolute Gasteiger partial charge is 0.238 e. The van der Waals surface area contributed by atoms with Crippen molar-refractivity contribution in [3.8, 4) is 0 Å². The normalized spacial score (nSPS) is 11.9. The third kappa shape index (κ3) is 4.17. The molecular formula is C16H17FN2O. The average molecular weight is 272 g/mol. The van der Waals surface area contributed by atoms with Crippen LogP contribution in [0.4, 0.5) is 10.1 Å². The first-order chi connectivity index (χ1) is 9.65. The second-order valence-electron chi connectivity index (χ2n) is 4.57. The summed E-state index contributed by atoms with van der Waals surface area (Å²) in [5.41, 5.74) is 1.58. The first-order valence-electron chi connectivity index (χ1n) is 6.49. The van der Waals surface area contributed by atoms with Crippen molar-refractivity contribution in [2.75, 3.05) is 11.9 Å². The molecular weight excluding hydrogens is 255 g/mol. The predicted molar refractivity (Wildman–Crippen MR) is 77.9 cm³/mol. The quantitative estimate of drug-likeness (QED) is 0.878. The van der Waals surface area contributed by atoms with Gasteiger partial charge >= 0.3 is 0 Å². The van der Waals surface area contributed by atoms with Crippen LogP contribution < -0.4 is 10.6 Å². The summed E-state index contributed by atoms with van der Waals surface area (Å²) < 4.78 is 13.1. The van der Waals surface area contributed by atoms with Crippen molar-refractivity contribution in [2.24, 2.45) is 0 Å². The number of carbonyl (C=O) groups is 1. The van der Waals surface area contributed by atoms with Crippen LogP contribution in [0, 0.1) is 5.82 Å². The van der Waals surface area contributed by atoms with Gasteiger partial charge in [-0.1, -0.05) is 30.3 Å².